The lowest BCUT2D eigenvalue weighted by molar-refractivity contribution is 0.0947. The number of hydrogen-bond donors (Lipinski definition) is 2. The monoisotopic (exact) mass is 315 g/mol. The summed E-state index contributed by atoms with van der Waals surface area (Å²) >= 11 is 1.59. The molecule has 6 nitrogen and oxygen atoms in total. The quantitative estimate of drug-likeness (QED) is 0.733. The molecule has 0 aromatic carbocycles. The van der Waals surface area contributed by atoms with Gasteiger partial charge in [-0.25, -0.2) is 0 Å². The summed E-state index contributed by atoms with van der Waals surface area (Å²) in [6, 6.07) is 3.86. The number of carbonyl (C=O) groups excluding carboxylic acids is 1. The Hall–Kier alpha value is -2.41. The molecule has 114 valence electrons. The first-order valence-corrected chi connectivity index (χ1v) is 8.00. The number of thiophene rings is 1. The van der Waals surface area contributed by atoms with Crippen molar-refractivity contribution in [3.63, 3.8) is 0 Å². The van der Waals surface area contributed by atoms with Crippen LogP contribution < -0.4 is 5.32 Å². The van der Waals surface area contributed by atoms with Gasteiger partial charge in [0, 0.05) is 36.4 Å². The number of rotatable bonds is 6. The average Bonchev–Trinajstić information content (AvgIpc) is 3.23. The van der Waals surface area contributed by atoms with Gasteiger partial charge < -0.3 is 5.32 Å². The Bertz CT molecular complexity index is 717. The van der Waals surface area contributed by atoms with Crippen LogP contribution in [0.2, 0.25) is 0 Å². The molecule has 3 aromatic rings. The summed E-state index contributed by atoms with van der Waals surface area (Å²) in [5, 5.41) is 18.0. The van der Waals surface area contributed by atoms with Crippen molar-refractivity contribution in [3.05, 3.63) is 47.0 Å². The maximum Gasteiger partial charge on any atom is 0.255 e. The van der Waals surface area contributed by atoms with Crippen LogP contribution in [0.25, 0.3) is 11.3 Å². The number of aromatic nitrogens is 4. The van der Waals surface area contributed by atoms with Crippen LogP contribution in [-0.4, -0.2) is 32.4 Å². The molecule has 0 aliphatic heterocycles. The molecule has 3 rings (SSSR count). The van der Waals surface area contributed by atoms with Crippen molar-refractivity contribution in [2.45, 2.75) is 13.5 Å². The van der Waals surface area contributed by atoms with Crippen LogP contribution in [0.4, 0.5) is 0 Å². The van der Waals surface area contributed by atoms with Crippen LogP contribution in [-0.2, 0) is 6.54 Å². The van der Waals surface area contributed by atoms with Gasteiger partial charge >= 0.3 is 0 Å². The zero-order valence-corrected chi connectivity index (χ0v) is 13.0. The number of H-pyrrole nitrogens is 1. The Kier molecular flexibility index (Phi) is 4.34. The van der Waals surface area contributed by atoms with Crippen molar-refractivity contribution in [2.75, 3.05) is 6.54 Å². The number of hydrogen-bond acceptors (Lipinski definition) is 4. The van der Waals surface area contributed by atoms with Gasteiger partial charge in [-0.3, -0.25) is 14.6 Å². The van der Waals surface area contributed by atoms with Crippen LogP contribution >= 0.6 is 11.3 Å². The molecular formula is C15H17N5OS. The molecule has 7 heteroatoms. The summed E-state index contributed by atoms with van der Waals surface area (Å²) in [5.41, 5.74) is 2.32. The van der Waals surface area contributed by atoms with Gasteiger partial charge in [0.1, 0.15) is 0 Å². The van der Waals surface area contributed by atoms with E-state index in [1.807, 2.05) is 33.8 Å². The number of nitrogens with zero attached hydrogens (tertiary/aromatic N) is 3. The third-order valence-electron chi connectivity index (χ3n) is 3.36. The second-order valence-corrected chi connectivity index (χ2v) is 5.99. The minimum absolute atomic E-state index is 0.109. The van der Waals surface area contributed by atoms with E-state index in [2.05, 4.69) is 27.5 Å². The van der Waals surface area contributed by atoms with Gasteiger partial charge in [-0.1, -0.05) is 6.92 Å². The molecule has 0 aliphatic rings. The summed E-state index contributed by atoms with van der Waals surface area (Å²) in [4.78, 5) is 12.3. The first-order chi connectivity index (χ1) is 10.7. The largest absolute Gasteiger partial charge is 0.352 e. The van der Waals surface area contributed by atoms with E-state index < -0.39 is 0 Å². The van der Waals surface area contributed by atoms with Gasteiger partial charge in [0.15, 0.2) is 0 Å². The van der Waals surface area contributed by atoms with E-state index in [4.69, 9.17) is 0 Å². The van der Waals surface area contributed by atoms with E-state index in [-0.39, 0.29) is 5.91 Å². The maximum atomic E-state index is 12.3. The highest BCUT2D eigenvalue weighted by molar-refractivity contribution is 7.08. The molecule has 0 saturated heterocycles. The minimum Gasteiger partial charge on any atom is -0.352 e. The van der Waals surface area contributed by atoms with E-state index >= 15 is 0 Å². The lowest BCUT2D eigenvalue weighted by atomic mass is 10.1. The Labute approximate surface area is 132 Å². The highest BCUT2D eigenvalue weighted by Gasteiger charge is 2.16. The highest BCUT2D eigenvalue weighted by Crippen LogP contribution is 2.23. The number of carbonyl (C=O) groups is 1. The molecule has 22 heavy (non-hydrogen) atoms. The predicted octanol–water partition coefficient (Wildman–Crippen LogP) is 2.40. The molecule has 0 bridgehead atoms. The molecule has 3 heterocycles. The molecule has 0 saturated carbocycles. The SMILES string of the molecule is CC(CNC(=O)c1cn[nH]c1-c1ccsc1)Cn1cccn1. The lowest BCUT2D eigenvalue weighted by Crippen LogP contribution is -2.30. The fourth-order valence-corrected chi connectivity index (χ4v) is 2.89. The Morgan fingerprint density at radius 2 is 2.45 bits per heavy atom. The summed E-state index contributed by atoms with van der Waals surface area (Å²) < 4.78 is 1.87. The molecule has 0 aliphatic carbocycles. The van der Waals surface area contributed by atoms with Crippen molar-refractivity contribution < 1.29 is 4.79 Å². The van der Waals surface area contributed by atoms with Crippen molar-refractivity contribution in [1.82, 2.24) is 25.3 Å². The van der Waals surface area contributed by atoms with Gasteiger partial charge in [0.25, 0.3) is 5.91 Å². The Morgan fingerprint density at radius 1 is 1.55 bits per heavy atom. The van der Waals surface area contributed by atoms with Gasteiger partial charge in [-0.2, -0.15) is 21.5 Å². The zero-order chi connectivity index (χ0) is 15.4. The summed E-state index contributed by atoms with van der Waals surface area (Å²) in [6.07, 6.45) is 5.24. The van der Waals surface area contributed by atoms with E-state index in [1.165, 1.54) is 0 Å². The van der Waals surface area contributed by atoms with Crippen molar-refractivity contribution >= 4 is 17.2 Å². The molecule has 1 atom stereocenters. The topological polar surface area (TPSA) is 75.6 Å². The third kappa shape index (κ3) is 3.25. The van der Waals surface area contributed by atoms with Crippen LogP contribution in [0.3, 0.4) is 0 Å². The molecule has 3 aromatic heterocycles. The predicted molar refractivity (Wildman–Crippen MR) is 85.6 cm³/mol. The third-order valence-corrected chi connectivity index (χ3v) is 4.05. The smallest absolute Gasteiger partial charge is 0.255 e. The second kappa shape index (κ2) is 6.57. The molecule has 0 fully saturated rings. The average molecular weight is 315 g/mol. The Morgan fingerprint density at radius 3 is 3.18 bits per heavy atom. The van der Waals surface area contributed by atoms with Gasteiger partial charge in [-0.15, -0.1) is 0 Å². The summed E-state index contributed by atoms with van der Waals surface area (Å²) in [5.74, 6) is 0.183. The molecule has 0 spiro atoms. The first kappa shape index (κ1) is 14.5. The lowest BCUT2D eigenvalue weighted by Gasteiger charge is -2.12. The first-order valence-electron chi connectivity index (χ1n) is 7.05. The van der Waals surface area contributed by atoms with Crippen LogP contribution in [0.5, 0.6) is 0 Å². The maximum absolute atomic E-state index is 12.3. The van der Waals surface area contributed by atoms with Crippen molar-refractivity contribution in [3.8, 4) is 11.3 Å². The fraction of sp³-hybridized carbons (Fsp3) is 0.267. The molecule has 1 amide bonds. The second-order valence-electron chi connectivity index (χ2n) is 5.21. The normalized spacial score (nSPS) is 12.2. The van der Waals surface area contributed by atoms with Gasteiger partial charge in [0.2, 0.25) is 0 Å². The van der Waals surface area contributed by atoms with E-state index in [9.17, 15) is 4.79 Å². The van der Waals surface area contributed by atoms with E-state index in [0.717, 1.165) is 17.8 Å². The number of aromatic amines is 1. The Balaban J connectivity index is 1.60. The zero-order valence-electron chi connectivity index (χ0n) is 12.2. The fourth-order valence-electron chi connectivity index (χ4n) is 2.24. The van der Waals surface area contributed by atoms with Crippen LogP contribution in [0, 0.1) is 5.92 Å². The highest BCUT2D eigenvalue weighted by atomic mass is 32.1. The number of nitrogens with one attached hydrogen (secondary N) is 2. The molecular weight excluding hydrogens is 298 g/mol. The van der Waals surface area contributed by atoms with Crippen molar-refractivity contribution in [2.24, 2.45) is 5.92 Å². The molecule has 0 radical (unpaired) electrons. The summed E-state index contributed by atoms with van der Waals surface area (Å²) in [7, 11) is 0. The van der Waals surface area contributed by atoms with Crippen LogP contribution in [0.1, 0.15) is 17.3 Å². The molecule has 1 unspecified atom stereocenters. The van der Waals surface area contributed by atoms with E-state index in [1.54, 1.807) is 23.7 Å². The van der Waals surface area contributed by atoms with Crippen molar-refractivity contribution in [1.29, 1.82) is 0 Å². The summed E-state index contributed by atoms with van der Waals surface area (Å²) in [6.45, 7) is 3.44. The number of amides is 1. The minimum atomic E-state index is -0.109. The molecule has 2 N–H and O–H groups in total. The van der Waals surface area contributed by atoms with E-state index in [0.29, 0.717) is 18.0 Å². The van der Waals surface area contributed by atoms with Crippen LogP contribution in [0.15, 0.2) is 41.5 Å². The van der Waals surface area contributed by atoms with Gasteiger partial charge in [-0.05, 0) is 23.4 Å². The van der Waals surface area contributed by atoms with Gasteiger partial charge in [0.05, 0.1) is 17.5 Å². The standard InChI is InChI=1S/C15H17N5OS/c1-11(9-20-5-2-4-18-20)7-16-15(21)13-8-17-19-14(13)12-3-6-22-10-12/h2-6,8,10-11H,7,9H2,1H3,(H,16,21)(H,17,19).